The minimum atomic E-state index is -0.426. The van der Waals surface area contributed by atoms with Crippen LogP contribution in [0.3, 0.4) is 0 Å². The zero-order chi connectivity index (χ0) is 12.8. The van der Waals surface area contributed by atoms with Crippen LogP contribution in [0.25, 0.3) is 0 Å². The monoisotopic (exact) mass is 258 g/mol. The molecule has 0 heterocycles. The van der Waals surface area contributed by atoms with E-state index in [9.17, 15) is 9.18 Å². The SMILES string of the molecule is CCNC(C)CC(=O)Nc1cc(F)ccc1Cl. The Labute approximate surface area is 105 Å². The summed E-state index contributed by atoms with van der Waals surface area (Å²) in [4.78, 5) is 11.6. The van der Waals surface area contributed by atoms with Gasteiger partial charge in [0.05, 0.1) is 10.7 Å². The van der Waals surface area contributed by atoms with Crippen LogP contribution in [0.5, 0.6) is 0 Å². The fraction of sp³-hybridized carbons (Fsp3) is 0.417. The third-order valence-corrected chi connectivity index (χ3v) is 2.58. The molecule has 17 heavy (non-hydrogen) atoms. The molecule has 0 aliphatic rings. The molecule has 1 aromatic carbocycles. The molecule has 1 aromatic rings. The minimum Gasteiger partial charge on any atom is -0.325 e. The molecule has 5 heteroatoms. The lowest BCUT2D eigenvalue weighted by molar-refractivity contribution is -0.116. The third kappa shape index (κ3) is 4.71. The summed E-state index contributed by atoms with van der Waals surface area (Å²) in [6.45, 7) is 4.68. The summed E-state index contributed by atoms with van der Waals surface area (Å²) in [5.74, 6) is -0.615. The van der Waals surface area contributed by atoms with Crippen LogP contribution in [0.4, 0.5) is 10.1 Å². The van der Waals surface area contributed by atoms with Gasteiger partial charge in [-0.25, -0.2) is 4.39 Å². The molecule has 3 nitrogen and oxygen atoms in total. The van der Waals surface area contributed by atoms with E-state index in [1.54, 1.807) is 0 Å². The van der Waals surface area contributed by atoms with Crippen LogP contribution in [-0.2, 0) is 4.79 Å². The number of rotatable bonds is 5. The van der Waals surface area contributed by atoms with Crippen molar-refractivity contribution in [3.63, 3.8) is 0 Å². The largest absolute Gasteiger partial charge is 0.325 e. The van der Waals surface area contributed by atoms with Crippen molar-refractivity contribution in [1.82, 2.24) is 5.32 Å². The predicted molar refractivity (Wildman–Crippen MR) is 67.8 cm³/mol. The summed E-state index contributed by atoms with van der Waals surface area (Å²) >= 11 is 5.84. The molecule has 0 bridgehead atoms. The number of carbonyl (C=O) groups is 1. The average Bonchev–Trinajstić information content (AvgIpc) is 2.23. The first-order valence-corrected chi connectivity index (χ1v) is 5.89. The van der Waals surface area contributed by atoms with Crippen molar-refractivity contribution in [1.29, 1.82) is 0 Å². The van der Waals surface area contributed by atoms with Crippen LogP contribution in [-0.4, -0.2) is 18.5 Å². The fourth-order valence-corrected chi connectivity index (χ4v) is 1.66. The van der Waals surface area contributed by atoms with Gasteiger partial charge in [0.15, 0.2) is 0 Å². The number of hydrogen-bond donors (Lipinski definition) is 2. The van der Waals surface area contributed by atoms with Gasteiger partial charge >= 0.3 is 0 Å². The van der Waals surface area contributed by atoms with Gasteiger partial charge in [-0.1, -0.05) is 18.5 Å². The molecule has 0 radical (unpaired) electrons. The maximum Gasteiger partial charge on any atom is 0.225 e. The first-order valence-electron chi connectivity index (χ1n) is 5.51. The van der Waals surface area contributed by atoms with Crippen molar-refractivity contribution in [3.05, 3.63) is 29.0 Å². The fourth-order valence-electron chi connectivity index (χ4n) is 1.49. The highest BCUT2D eigenvalue weighted by Gasteiger charge is 2.10. The van der Waals surface area contributed by atoms with Crippen molar-refractivity contribution >= 4 is 23.2 Å². The topological polar surface area (TPSA) is 41.1 Å². The Balaban J connectivity index is 2.58. The second-order valence-electron chi connectivity index (χ2n) is 3.84. The van der Waals surface area contributed by atoms with Crippen LogP contribution >= 0.6 is 11.6 Å². The zero-order valence-corrected chi connectivity index (χ0v) is 10.6. The smallest absolute Gasteiger partial charge is 0.225 e. The summed E-state index contributed by atoms with van der Waals surface area (Å²) in [7, 11) is 0. The number of carbonyl (C=O) groups excluding carboxylic acids is 1. The average molecular weight is 259 g/mol. The molecule has 1 amide bonds. The van der Waals surface area contributed by atoms with Gasteiger partial charge in [0.2, 0.25) is 5.91 Å². The van der Waals surface area contributed by atoms with E-state index in [1.165, 1.54) is 18.2 Å². The molecule has 94 valence electrons. The molecule has 0 saturated heterocycles. The summed E-state index contributed by atoms with van der Waals surface area (Å²) < 4.78 is 13.0. The molecule has 1 rings (SSSR count). The molecule has 0 aliphatic heterocycles. The lowest BCUT2D eigenvalue weighted by Gasteiger charge is -2.12. The van der Waals surface area contributed by atoms with E-state index in [4.69, 9.17) is 11.6 Å². The second-order valence-corrected chi connectivity index (χ2v) is 4.24. The molecule has 0 aromatic heterocycles. The summed E-state index contributed by atoms with van der Waals surface area (Å²) in [5, 5.41) is 6.04. The molecular formula is C12H16ClFN2O. The molecule has 0 saturated carbocycles. The van der Waals surface area contributed by atoms with E-state index in [0.717, 1.165) is 6.54 Å². The molecule has 0 fully saturated rings. The Morgan fingerprint density at radius 1 is 1.53 bits per heavy atom. The number of hydrogen-bond acceptors (Lipinski definition) is 2. The van der Waals surface area contributed by atoms with E-state index in [2.05, 4.69) is 10.6 Å². The number of halogens is 2. The van der Waals surface area contributed by atoms with Crippen LogP contribution in [0, 0.1) is 5.82 Å². The van der Waals surface area contributed by atoms with Gasteiger partial charge in [0.1, 0.15) is 5.82 Å². The minimum absolute atomic E-state index is 0.0762. The maximum absolute atomic E-state index is 13.0. The highest BCUT2D eigenvalue weighted by molar-refractivity contribution is 6.33. The van der Waals surface area contributed by atoms with Crippen molar-refractivity contribution in [2.75, 3.05) is 11.9 Å². The standard InChI is InChI=1S/C12H16ClFN2O/c1-3-15-8(2)6-12(17)16-11-7-9(14)4-5-10(11)13/h4-5,7-8,15H,3,6H2,1-2H3,(H,16,17). The third-order valence-electron chi connectivity index (χ3n) is 2.25. The number of anilines is 1. The van der Waals surface area contributed by atoms with Gasteiger partial charge < -0.3 is 10.6 Å². The van der Waals surface area contributed by atoms with E-state index < -0.39 is 5.82 Å². The number of nitrogens with one attached hydrogen (secondary N) is 2. The Kier molecular flexibility index (Phi) is 5.38. The zero-order valence-electron chi connectivity index (χ0n) is 9.89. The Hall–Kier alpha value is -1.13. The van der Waals surface area contributed by atoms with E-state index in [-0.39, 0.29) is 11.9 Å². The van der Waals surface area contributed by atoms with Gasteiger partial charge in [0.25, 0.3) is 0 Å². The van der Waals surface area contributed by atoms with Crippen molar-refractivity contribution in [2.24, 2.45) is 0 Å². The highest BCUT2D eigenvalue weighted by Crippen LogP contribution is 2.22. The summed E-state index contributed by atoms with van der Waals surface area (Å²) in [6.07, 6.45) is 0.320. The van der Waals surface area contributed by atoms with Crippen LogP contribution in [0.1, 0.15) is 20.3 Å². The van der Waals surface area contributed by atoms with E-state index >= 15 is 0 Å². The second kappa shape index (κ2) is 6.57. The Morgan fingerprint density at radius 2 is 2.24 bits per heavy atom. The van der Waals surface area contributed by atoms with Crippen LogP contribution in [0.2, 0.25) is 5.02 Å². The van der Waals surface area contributed by atoms with E-state index in [0.29, 0.717) is 17.1 Å². The first kappa shape index (κ1) is 13.9. The van der Waals surface area contributed by atoms with Gasteiger partial charge in [-0.2, -0.15) is 0 Å². The van der Waals surface area contributed by atoms with Crippen molar-refractivity contribution in [2.45, 2.75) is 26.3 Å². The van der Waals surface area contributed by atoms with Gasteiger partial charge in [-0.05, 0) is 31.7 Å². The van der Waals surface area contributed by atoms with Gasteiger partial charge in [-0.3, -0.25) is 4.79 Å². The molecular weight excluding hydrogens is 243 g/mol. The Morgan fingerprint density at radius 3 is 2.88 bits per heavy atom. The summed E-state index contributed by atoms with van der Waals surface area (Å²) in [5.41, 5.74) is 0.306. The quantitative estimate of drug-likeness (QED) is 0.853. The van der Waals surface area contributed by atoms with Gasteiger partial charge in [-0.15, -0.1) is 0 Å². The molecule has 0 aliphatic carbocycles. The van der Waals surface area contributed by atoms with Crippen molar-refractivity contribution < 1.29 is 9.18 Å². The van der Waals surface area contributed by atoms with Crippen LogP contribution in [0.15, 0.2) is 18.2 Å². The lowest BCUT2D eigenvalue weighted by atomic mass is 10.2. The highest BCUT2D eigenvalue weighted by atomic mass is 35.5. The Bertz CT molecular complexity index is 398. The van der Waals surface area contributed by atoms with Crippen molar-refractivity contribution in [3.8, 4) is 0 Å². The normalized spacial score (nSPS) is 12.2. The van der Waals surface area contributed by atoms with Crippen LogP contribution < -0.4 is 10.6 Å². The molecule has 0 spiro atoms. The molecule has 1 atom stereocenters. The molecule has 2 N–H and O–H groups in total. The maximum atomic E-state index is 13.0. The lowest BCUT2D eigenvalue weighted by Crippen LogP contribution is -2.30. The van der Waals surface area contributed by atoms with Gasteiger partial charge in [0, 0.05) is 12.5 Å². The number of benzene rings is 1. The molecule has 1 unspecified atom stereocenters. The van der Waals surface area contributed by atoms with E-state index in [1.807, 2.05) is 13.8 Å². The predicted octanol–water partition coefficient (Wildman–Crippen LogP) is 2.81. The first-order chi connectivity index (χ1) is 8.02. The summed E-state index contributed by atoms with van der Waals surface area (Å²) in [6, 6.07) is 3.95. The number of amides is 1.